The van der Waals surface area contributed by atoms with Crippen LogP contribution >= 0.6 is 0 Å². The molecule has 37 heavy (non-hydrogen) atoms. The normalized spacial score (nSPS) is 15.5. The number of rotatable bonds is 8. The van der Waals surface area contributed by atoms with Crippen molar-refractivity contribution in [1.29, 1.82) is 5.26 Å². The molecule has 3 aromatic rings. The Bertz CT molecular complexity index is 1480. The maximum atomic E-state index is 13.8. The molecule has 0 radical (unpaired) electrons. The Labute approximate surface area is 213 Å². The minimum atomic E-state index is -0.722. The van der Waals surface area contributed by atoms with Gasteiger partial charge < -0.3 is 24.7 Å². The van der Waals surface area contributed by atoms with Gasteiger partial charge in [0.1, 0.15) is 18.4 Å². The first-order valence-corrected chi connectivity index (χ1v) is 12.3. The SMILES string of the molecule is CCOC(=O)Cn1c(=O)n(Cc2cccc(OC)c2C#N)c(=O)c2c1nc(N1CCCC(N)C1)n2CC. The summed E-state index contributed by atoms with van der Waals surface area (Å²) in [5.74, 6) is 0.240. The monoisotopic (exact) mass is 509 g/mol. The summed E-state index contributed by atoms with van der Waals surface area (Å²) in [6.07, 6.45) is 1.77. The van der Waals surface area contributed by atoms with Crippen LogP contribution in [0.2, 0.25) is 0 Å². The zero-order valence-corrected chi connectivity index (χ0v) is 21.3. The number of methoxy groups -OCH3 is 1. The highest BCUT2D eigenvalue weighted by Crippen LogP contribution is 2.24. The number of anilines is 1. The summed E-state index contributed by atoms with van der Waals surface area (Å²) < 4.78 is 14.3. The molecule has 196 valence electrons. The van der Waals surface area contributed by atoms with Gasteiger partial charge in [-0.1, -0.05) is 12.1 Å². The second kappa shape index (κ2) is 10.9. The molecule has 2 N–H and O–H groups in total. The number of carbonyl (C=O) groups excluding carboxylic acids is 1. The number of esters is 1. The average Bonchev–Trinajstić information content (AvgIpc) is 3.28. The van der Waals surface area contributed by atoms with Gasteiger partial charge in [0.2, 0.25) is 5.95 Å². The van der Waals surface area contributed by atoms with E-state index in [2.05, 4.69) is 11.1 Å². The maximum absolute atomic E-state index is 13.8. The van der Waals surface area contributed by atoms with Gasteiger partial charge in [-0.05, 0) is 38.3 Å². The maximum Gasteiger partial charge on any atom is 0.333 e. The Hall–Kier alpha value is -4.11. The van der Waals surface area contributed by atoms with E-state index in [9.17, 15) is 19.6 Å². The third-order valence-corrected chi connectivity index (χ3v) is 6.52. The fraction of sp³-hybridized carbons (Fsp3) is 0.480. The quantitative estimate of drug-likeness (QED) is 0.435. The largest absolute Gasteiger partial charge is 0.495 e. The van der Waals surface area contributed by atoms with Crippen molar-refractivity contribution in [1.82, 2.24) is 18.7 Å². The van der Waals surface area contributed by atoms with Crippen LogP contribution in [-0.2, 0) is 29.2 Å². The van der Waals surface area contributed by atoms with E-state index in [1.165, 1.54) is 11.7 Å². The number of aromatic nitrogens is 4. The molecule has 1 aliphatic rings. The Kier molecular flexibility index (Phi) is 7.63. The lowest BCUT2D eigenvalue weighted by Crippen LogP contribution is -2.44. The second-order valence-electron chi connectivity index (χ2n) is 8.85. The predicted molar refractivity (Wildman–Crippen MR) is 137 cm³/mol. The summed E-state index contributed by atoms with van der Waals surface area (Å²) in [5, 5.41) is 9.71. The topological polar surface area (TPSA) is 150 Å². The van der Waals surface area contributed by atoms with Crippen LogP contribution in [0.1, 0.15) is 37.8 Å². The standard InChI is InChI=1S/C25H31N7O5/c1-4-30-21-22(28-24(30)29-11-7-9-17(27)14-29)31(15-20(33)37-5-2)25(35)32(23(21)34)13-16-8-6-10-19(36-3)18(16)12-26/h6,8,10,17H,4-5,7,9,11,13-15,27H2,1-3H3. The van der Waals surface area contributed by atoms with Crippen LogP contribution in [0.5, 0.6) is 5.75 Å². The number of hydrogen-bond donors (Lipinski definition) is 1. The molecule has 4 rings (SSSR count). The highest BCUT2D eigenvalue weighted by Gasteiger charge is 2.27. The summed E-state index contributed by atoms with van der Waals surface area (Å²) in [4.78, 5) is 46.6. The van der Waals surface area contributed by atoms with Crippen molar-refractivity contribution in [3.05, 3.63) is 50.2 Å². The third-order valence-electron chi connectivity index (χ3n) is 6.52. The van der Waals surface area contributed by atoms with Crippen LogP contribution in [0.15, 0.2) is 27.8 Å². The highest BCUT2D eigenvalue weighted by atomic mass is 16.5. The van der Waals surface area contributed by atoms with Crippen LogP contribution in [0.3, 0.4) is 0 Å². The number of hydrogen-bond acceptors (Lipinski definition) is 9. The molecule has 2 aromatic heterocycles. The van der Waals surface area contributed by atoms with Crippen LogP contribution < -0.4 is 26.6 Å². The summed E-state index contributed by atoms with van der Waals surface area (Å²) in [6, 6.07) is 7.03. The molecule has 1 aliphatic heterocycles. The van der Waals surface area contributed by atoms with Crippen molar-refractivity contribution < 1.29 is 14.3 Å². The molecule has 1 aromatic carbocycles. The zero-order valence-electron chi connectivity index (χ0n) is 21.3. The van der Waals surface area contributed by atoms with E-state index >= 15 is 0 Å². The number of ether oxygens (including phenoxy) is 2. The molecule has 1 atom stereocenters. The van der Waals surface area contributed by atoms with Gasteiger partial charge in [0.25, 0.3) is 5.56 Å². The Morgan fingerprint density at radius 3 is 2.68 bits per heavy atom. The van der Waals surface area contributed by atoms with E-state index < -0.39 is 23.8 Å². The molecule has 0 amide bonds. The summed E-state index contributed by atoms with van der Waals surface area (Å²) in [5.41, 5.74) is 5.88. The van der Waals surface area contributed by atoms with Gasteiger partial charge in [-0.2, -0.15) is 10.2 Å². The van der Waals surface area contributed by atoms with E-state index in [0.717, 1.165) is 17.4 Å². The van der Waals surface area contributed by atoms with Crippen molar-refractivity contribution in [2.75, 3.05) is 31.7 Å². The smallest absolute Gasteiger partial charge is 0.333 e. The molecule has 1 saturated heterocycles. The molecule has 0 saturated carbocycles. The molecule has 0 spiro atoms. The molecule has 0 aliphatic carbocycles. The molecule has 0 bridgehead atoms. The van der Waals surface area contributed by atoms with Crippen LogP contribution in [-0.4, -0.2) is 57.5 Å². The number of fused-ring (bicyclic) bond motifs is 1. The third kappa shape index (κ3) is 4.82. The van der Waals surface area contributed by atoms with E-state index in [4.69, 9.17) is 15.2 Å². The zero-order chi connectivity index (χ0) is 26.7. The number of imidazole rings is 1. The first-order chi connectivity index (χ1) is 17.8. The van der Waals surface area contributed by atoms with Gasteiger partial charge in [-0.15, -0.1) is 0 Å². The minimum Gasteiger partial charge on any atom is -0.495 e. The molecular weight excluding hydrogens is 478 g/mol. The fourth-order valence-electron chi connectivity index (χ4n) is 4.80. The molecule has 3 heterocycles. The highest BCUT2D eigenvalue weighted by molar-refractivity contribution is 5.77. The Morgan fingerprint density at radius 2 is 2.03 bits per heavy atom. The number of nitrogens with zero attached hydrogens (tertiary/aromatic N) is 6. The van der Waals surface area contributed by atoms with E-state index in [1.54, 1.807) is 29.7 Å². The van der Waals surface area contributed by atoms with Gasteiger partial charge >= 0.3 is 11.7 Å². The number of carbonyl (C=O) groups is 1. The first-order valence-electron chi connectivity index (χ1n) is 12.3. The fourth-order valence-corrected chi connectivity index (χ4v) is 4.80. The van der Waals surface area contributed by atoms with Gasteiger partial charge in [0.15, 0.2) is 11.2 Å². The molecular formula is C25H31N7O5. The number of piperidine rings is 1. The summed E-state index contributed by atoms with van der Waals surface area (Å²) in [6.45, 7) is 4.79. The van der Waals surface area contributed by atoms with Gasteiger partial charge in [-0.3, -0.25) is 18.7 Å². The first kappa shape index (κ1) is 26.0. The van der Waals surface area contributed by atoms with Crippen LogP contribution in [0.25, 0.3) is 11.2 Å². The van der Waals surface area contributed by atoms with Crippen molar-refractivity contribution in [3.8, 4) is 11.8 Å². The average molecular weight is 510 g/mol. The second-order valence-corrected chi connectivity index (χ2v) is 8.85. The molecule has 12 heteroatoms. The number of aryl methyl sites for hydroxylation is 1. The van der Waals surface area contributed by atoms with E-state index in [-0.39, 0.29) is 35.9 Å². The van der Waals surface area contributed by atoms with Crippen LogP contribution in [0.4, 0.5) is 5.95 Å². The number of benzene rings is 1. The lowest BCUT2D eigenvalue weighted by atomic mass is 10.1. The van der Waals surface area contributed by atoms with Crippen molar-refractivity contribution in [2.24, 2.45) is 5.73 Å². The van der Waals surface area contributed by atoms with Crippen LogP contribution in [0, 0.1) is 11.3 Å². The molecule has 1 unspecified atom stereocenters. The lowest BCUT2D eigenvalue weighted by Gasteiger charge is -2.31. The summed E-state index contributed by atoms with van der Waals surface area (Å²) in [7, 11) is 1.44. The van der Waals surface area contributed by atoms with E-state index in [1.807, 2.05) is 11.8 Å². The van der Waals surface area contributed by atoms with Gasteiger partial charge in [-0.25, -0.2) is 4.79 Å². The van der Waals surface area contributed by atoms with Crippen molar-refractivity contribution in [2.45, 2.75) is 52.4 Å². The van der Waals surface area contributed by atoms with Crippen molar-refractivity contribution >= 4 is 23.1 Å². The Balaban J connectivity index is 1.97. The van der Waals surface area contributed by atoms with E-state index in [0.29, 0.717) is 36.9 Å². The lowest BCUT2D eigenvalue weighted by molar-refractivity contribution is -0.143. The summed E-state index contributed by atoms with van der Waals surface area (Å²) >= 11 is 0. The molecule has 1 fully saturated rings. The predicted octanol–water partition coefficient (Wildman–Crippen LogP) is 0.799. The minimum absolute atomic E-state index is 0.0327. The van der Waals surface area contributed by atoms with Gasteiger partial charge in [0.05, 0.1) is 25.8 Å². The van der Waals surface area contributed by atoms with Gasteiger partial charge in [0, 0.05) is 25.7 Å². The number of nitrogens with two attached hydrogens (primary N) is 1. The van der Waals surface area contributed by atoms with Crippen molar-refractivity contribution in [3.63, 3.8) is 0 Å². The Morgan fingerprint density at radius 1 is 1.24 bits per heavy atom. The number of nitriles is 1. The molecule has 12 nitrogen and oxygen atoms in total.